The Kier molecular flexibility index (Phi) is 5.03. The number of benzene rings is 4. The summed E-state index contributed by atoms with van der Waals surface area (Å²) in [5, 5.41) is 2.77. The highest BCUT2D eigenvalue weighted by atomic mass is 15.2. The van der Waals surface area contributed by atoms with E-state index in [1.807, 2.05) is 0 Å². The molecule has 5 aromatic rings. The first-order valence-corrected chi connectivity index (χ1v) is 12.9. The second-order valence-electron chi connectivity index (χ2n) is 10.9. The molecule has 0 saturated heterocycles. The Balaban J connectivity index is 1.51. The third-order valence-electron chi connectivity index (χ3n) is 7.97. The van der Waals surface area contributed by atoms with E-state index in [4.69, 9.17) is 0 Å². The van der Waals surface area contributed by atoms with Crippen molar-refractivity contribution < 1.29 is 0 Å². The molecule has 6 rings (SSSR count). The van der Waals surface area contributed by atoms with Gasteiger partial charge in [-0.15, -0.1) is 0 Å². The van der Waals surface area contributed by atoms with Crippen LogP contribution >= 0.6 is 0 Å². The van der Waals surface area contributed by atoms with E-state index >= 15 is 0 Å². The van der Waals surface area contributed by atoms with E-state index in [2.05, 4.69) is 135 Å². The van der Waals surface area contributed by atoms with Gasteiger partial charge >= 0.3 is 0 Å². The molecule has 0 fully saturated rings. The van der Waals surface area contributed by atoms with Gasteiger partial charge in [0, 0.05) is 50.7 Å². The van der Waals surface area contributed by atoms with Gasteiger partial charge in [-0.2, -0.15) is 0 Å². The second-order valence-corrected chi connectivity index (χ2v) is 10.9. The summed E-state index contributed by atoms with van der Waals surface area (Å²) in [5.74, 6) is 0. The zero-order valence-corrected chi connectivity index (χ0v) is 21.4. The molecule has 4 aromatic carbocycles. The summed E-state index contributed by atoms with van der Waals surface area (Å²) in [6.45, 7) is 11.7. The predicted octanol–water partition coefficient (Wildman–Crippen LogP) is 8.78. The van der Waals surface area contributed by atoms with E-state index in [1.165, 1.54) is 49.9 Å². The fourth-order valence-electron chi connectivity index (χ4n) is 6.43. The van der Waals surface area contributed by atoms with E-state index in [0.717, 1.165) is 6.42 Å². The highest BCUT2D eigenvalue weighted by molar-refractivity contribution is 6.10. The molecule has 1 aliphatic heterocycles. The van der Waals surface area contributed by atoms with Crippen LogP contribution in [0, 0.1) is 0 Å². The van der Waals surface area contributed by atoms with Gasteiger partial charge in [-0.05, 0) is 68.1 Å². The minimum absolute atomic E-state index is 0.0197. The molecule has 176 valence electrons. The van der Waals surface area contributed by atoms with Crippen LogP contribution in [0.4, 0.5) is 11.4 Å². The van der Waals surface area contributed by atoms with Gasteiger partial charge in [0.05, 0.1) is 0 Å². The van der Waals surface area contributed by atoms with Crippen molar-refractivity contribution in [3.8, 4) is 0 Å². The average molecular weight is 459 g/mol. The standard InChI is InChI=1S/C33H34N2/c1-22(2)34-28-17-9-6-14-25(28)32-24(13-12-20-31(32)34)21-23(3)35-29-18-10-7-15-26(29)33(4,5)27-16-8-11-19-30(27)35/h6-20,22-23H,21H2,1-5H3. The molecule has 1 atom stereocenters. The third kappa shape index (κ3) is 3.23. The number of anilines is 2. The Morgan fingerprint density at radius 1 is 0.657 bits per heavy atom. The number of hydrogen-bond donors (Lipinski definition) is 0. The average Bonchev–Trinajstić information content (AvgIpc) is 3.20. The van der Waals surface area contributed by atoms with Gasteiger partial charge in [0.2, 0.25) is 0 Å². The highest BCUT2D eigenvalue weighted by Crippen LogP contribution is 2.49. The summed E-state index contributed by atoms with van der Waals surface area (Å²) < 4.78 is 2.49. The number of rotatable bonds is 4. The van der Waals surface area contributed by atoms with Gasteiger partial charge in [0.25, 0.3) is 0 Å². The zero-order valence-electron chi connectivity index (χ0n) is 21.4. The molecule has 0 bridgehead atoms. The summed E-state index contributed by atoms with van der Waals surface area (Å²) in [6, 6.07) is 34.4. The number of nitrogens with zero attached hydrogens (tertiary/aromatic N) is 2. The molecule has 2 heterocycles. The first-order chi connectivity index (χ1) is 16.9. The second kappa shape index (κ2) is 8.02. The molecule has 1 aromatic heterocycles. The zero-order chi connectivity index (χ0) is 24.3. The molecule has 0 aliphatic carbocycles. The van der Waals surface area contributed by atoms with E-state index in [1.54, 1.807) is 0 Å². The van der Waals surface area contributed by atoms with Crippen molar-refractivity contribution in [3.63, 3.8) is 0 Å². The Labute approximate surface area is 208 Å². The van der Waals surface area contributed by atoms with Crippen LogP contribution in [0.1, 0.15) is 57.4 Å². The fraction of sp³-hybridized carbons (Fsp3) is 0.273. The Bertz CT molecular complexity index is 1500. The molecule has 35 heavy (non-hydrogen) atoms. The summed E-state index contributed by atoms with van der Waals surface area (Å²) in [7, 11) is 0. The largest absolute Gasteiger partial charge is 0.338 e. The molecule has 0 saturated carbocycles. The van der Waals surface area contributed by atoms with Crippen molar-refractivity contribution in [1.29, 1.82) is 0 Å². The van der Waals surface area contributed by atoms with Crippen LogP contribution in [0.3, 0.4) is 0 Å². The normalized spacial score (nSPS) is 15.4. The lowest BCUT2D eigenvalue weighted by Crippen LogP contribution is -2.38. The van der Waals surface area contributed by atoms with Crippen molar-refractivity contribution in [3.05, 3.63) is 108 Å². The smallest absolute Gasteiger partial charge is 0.0496 e. The van der Waals surface area contributed by atoms with Gasteiger partial charge < -0.3 is 9.47 Å². The molecule has 2 heteroatoms. The Morgan fingerprint density at radius 3 is 1.89 bits per heavy atom. The lowest BCUT2D eigenvalue weighted by molar-refractivity contribution is 0.603. The maximum Gasteiger partial charge on any atom is 0.0496 e. The molecule has 0 radical (unpaired) electrons. The van der Waals surface area contributed by atoms with Crippen LogP contribution < -0.4 is 4.90 Å². The Morgan fingerprint density at radius 2 is 1.23 bits per heavy atom. The molecule has 0 spiro atoms. The van der Waals surface area contributed by atoms with Crippen LogP contribution in [0.2, 0.25) is 0 Å². The van der Waals surface area contributed by atoms with Crippen molar-refractivity contribution in [2.75, 3.05) is 4.90 Å². The van der Waals surface area contributed by atoms with Crippen LogP contribution in [0.25, 0.3) is 21.8 Å². The summed E-state index contributed by atoms with van der Waals surface area (Å²) in [6.07, 6.45) is 0.979. The molecule has 0 amide bonds. The number of hydrogen-bond acceptors (Lipinski definition) is 1. The first kappa shape index (κ1) is 22.0. The third-order valence-corrected chi connectivity index (χ3v) is 7.97. The minimum atomic E-state index is -0.0197. The topological polar surface area (TPSA) is 8.17 Å². The summed E-state index contributed by atoms with van der Waals surface area (Å²) in [4.78, 5) is 2.58. The van der Waals surface area contributed by atoms with E-state index in [-0.39, 0.29) is 5.41 Å². The van der Waals surface area contributed by atoms with Crippen LogP contribution in [-0.2, 0) is 11.8 Å². The van der Waals surface area contributed by atoms with Gasteiger partial charge in [-0.3, -0.25) is 0 Å². The fourth-order valence-corrected chi connectivity index (χ4v) is 6.43. The maximum atomic E-state index is 2.58. The molecule has 2 nitrogen and oxygen atoms in total. The quantitative estimate of drug-likeness (QED) is 0.261. The van der Waals surface area contributed by atoms with Crippen molar-refractivity contribution in [2.45, 2.75) is 58.5 Å². The number of aromatic nitrogens is 1. The van der Waals surface area contributed by atoms with Gasteiger partial charge in [0.15, 0.2) is 0 Å². The Hall–Kier alpha value is -3.52. The van der Waals surface area contributed by atoms with E-state index in [9.17, 15) is 0 Å². The predicted molar refractivity (Wildman–Crippen MR) is 150 cm³/mol. The van der Waals surface area contributed by atoms with Crippen LogP contribution in [0.15, 0.2) is 91.0 Å². The van der Waals surface area contributed by atoms with Crippen molar-refractivity contribution in [1.82, 2.24) is 4.57 Å². The molecule has 0 N–H and O–H groups in total. The number of para-hydroxylation sites is 3. The van der Waals surface area contributed by atoms with Gasteiger partial charge in [-0.25, -0.2) is 0 Å². The van der Waals surface area contributed by atoms with Crippen LogP contribution in [0.5, 0.6) is 0 Å². The first-order valence-electron chi connectivity index (χ1n) is 12.9. The SMILES string of the molecule is CC(Cc1cccc2c1c1ccccc1n2C(C)C)N1c2ccccc2C(C)(C)c2ccccc21. The monoisotopic (exact) mass is 458 g/mol. The van der Waals surface area contributed by atoms with Gasteiger partial charge in [0.1, 0.15) is 0 Å². The van der Waals surface area contributed by atoms with E-state index in [0.29, 0.717) is 12.1 Å². The van der Waals surface area contributed by atoms with E-state index < -0.39 is 0 Å². The maximum absolute atomic E-state index is 2.58. The molecular formula is C33H34N2. The molecular weight excluding hydrogens is 424 g/mol. The summed E-state index contributed by atoms with van der Waals surface area (Å²) in [5.41, 5.74) is 9.54. The minimum Gasteiger partial charge on any atom is -0.338 e. The lowest BCUT2D eigenvalue weighted by atomic mass is 9.73. The summed E-state index contributed by atoms with van der Waals surface area (Å²) >= 11 is 0. The molecule has 1 aliphatic rings. The lowest BCUT2D eigenvalue weighted by Gasteiger charge is -2.44. The highest BCUT2D eigenvalue weighted by Gasteiger charge is 2.37. The van der Waals surface area contributed by atoms with Crippen molar-refractivity contribution in [2.24, 2.45) is 0 Å². The molecule has 1 unspecified atom stereocenters. The van der Waals surface area contributed by atoms with Gasteiger partial charge in [-0.1, -0.05) is 80.6 Å². The number of fused-ring (bicyclic) bond motifs is 5. The van der Waals surface area contributed by atoms with Crippen molar-refractivity contribution >= 4 is 33.2 Å². The van der Waals surface area contributed by atoms with Crippen LogP contribution in [-0.4, -0.2) is 10.6 Å².